The predicted molar refractivity (Wildman–Crippen MR) is 104 cm³/mol. The first-order valence-corrected chi connectivity index (χ1v) is 10.5. The minimum absolute atomic E-state index is 0.0502. The van der Waals surface area contributed by atoms with Gasteiger partial charge in [-0.05, 0) is 0 Å². The average Bonchev–Trinajstić information content (AvgIpc) is 2.71. The van der Waals surface area contributed by atoms with Crippen LogP contribution in [-0.4, -0.2) is 51.6 Å². The second-order valence-electron chi connectivity index (χ2n) is 5.82. The van der Waals surface area contributed by atoms with Crippen molar-refractivity contribution in [2.75, 3.05) is 13.7 Å². The van der Waals surface area contributed by atoms with Gasteiger partial charge in [0.25, 0.3) is 0 Å². The molecule has 2 atom stereocenters. The molecule has 2 aromatic rings. The Kier molecular flexibility index (Phi) is 8.17. The Bertz CT molecular complexity index is 809. The van der Waals surface area contributed by atoms with Gasteiger partial charge in [-0.3, -0.25) is 0 Å². The van der Waals surface area contributed by atoms with E-state index in [1.807, 2.05) is 42.5 Å². The number of benzene rings is 2. The van der Waals surface area contributed by atoms with Crippen LogP contribution in [0.15, 0.2) is 54.6 Å². The number of carbonyl (C=O) groups is 2. The molecule has 148 valence electrons. The molecule has 0 saturated heterocycles. The van der Waals surface area contributed by atoms with Gasteiger partial charge in [0, 0.05) is 0 Å². The van der Waals surface area contributed by atoms with E-state index in [4.69, 9.17) is 9.47 Å². The summed E-state index contributed by atoms with van der Waals surface area (Å²) in [7, 11) is 1.32. The van der Waals surface area contributed by atoms with Gasteiger partial charge in [-0.2, -0.15) is 0 Å². The summed E-state index contributed by atoms with van der Waals surface area (Å²) in [6, 6.07) is 14.9. The molecule has 0 radical (unpaired) electrons. The summed E-state index contributed by atoms with van der Waals surface area (Å²) in [4.78, 5) is 34.3. The van der Waals surface area contributed by atoms with E-state index in [1.165, 1.54) is 7.11 Å². The molecule has 2 unspecified atom stereocenters. The molecule has 0 bridgehead atoms. The van der Waals surface area contributed by atoms with Gasteiger partial charge in [0.05, 0.1) is 0 Å². The number of rotatable bonds is 9. The van der Waals surface area contributed by atoms with Crippen LogP contribution in [0, 0.1) is 10.1 Å². The van der Waals surface area contributed by atoms with Crippen molar-refractivity contribution >= 4 is 31.4 Å². The van der Waals surface area contributed by atoms with Gasteiger partial charge in [0.15, 0.2) is 0 Å². The summed E-state index contributed by atoms with van der Waals surface area (Å²) >= 11 is -0.198. The third-order valence-corrected chi connectivity index (χ3v) is 6.69. The van der Waals surface area contributed by atoms with Gasteiger partial charge in [0.2, 0.25) is 0 Å². The van der Waals surface area contributed by atoms with Crippen LogP contribution in [0.25, 0.3) is 0 Å². The molecular weight excluding hydrogens is 429 g/mol. The van der Waals surface area contributed by atoms with Gasteiger partial charge in [-0.15, -0.1) is 0 Å². The van der Waals surface area contributed by atoms with E-state index < -0.39 is 22.9 Å². The molecule has 0 N–H and O–H groups in total. The van der Waals surface area contributed by atoms with Crippen LogP contribution < -0.4 is 4.46 Å². The summed E-state index contributed by atoms with van der Waals surface area (Å²) in [5, 5.41) is 11.4. The molecule has 0 amide bonds. The molecule has 0 aliphatic rings. The quantitative estimate of drug-likeness (QED) is 0.252. The molecule has 0 heterocycles. The number of ether oxygens (including phenoxy) is 2. The van der Waals surface area contributed by atoms with E-state index in [-0.39, 0.29) is 32.8 Å². The third kappa shape index (κ3) is 5.90. The molecule has 2 rings (SSSR count). The number of methoxy groups -OCH3 is 1. The normalized spacial score (nSPS) is 12.6. The average molecular weight is 450 g/mol. The van der Waals surface area contributed by atoms with Crippen LogP contribution in [-0.2, 0) is 14.3 Å². The molecule has 7 nitrogen and oxygen atoms in total. The van der Waals surface area contributed by atoms with Crippen molar-refractivity contribution in [1.82, 2.24) is 0 Å². The van der Waals surface area contributed by atoms with Crippen molar-refractivity contribution in [2.45, 2.75) is 24.2 Å². The topological polar surface area (TPSA) is 95.7 Å². The zero-order valence-corrected chi connectivity index (χ0v) is 17.3. The summed E-state index contributed by atoms with van der Waals surface area (Å²) in [5.74, 6) is -1.24. The first-order valence-electron chi connectivity index (χ1n) is 8.66. The van der Waals surface area contributed by atoms with E-state index in [9.17, 15) is 19.7 Å². The Labute approximate surface area is 169 Å². The number of nitro groups is 1. The van der Waals surface area contributed by atoms with Crippen LogP contribution in [0.2, 0.25) is 0 Å². The van der Waals surface area contributed by atoms with Crippen LogP contribution in [0.5, 0.6) is 0 Å². The van der Waals surface area contributed by atoms with Crippen LogP contribution in [0.4, 0.5) is 0 Å². The number of esters is 2. The van der Waals surface area contributed by atoms with Crippen LogP contribution >= 0.6 is 0 Å². The molecule has 28 heavy (non-hydrogen) atoms. The molecule has 0 aliphatic heterocycles. The molecule has 0 aromatic heterocycles. The Morgan fingerprint density at radius 1 is 1.11 bits per heavy atom. The monoisotopic (exact) mass is 451 g/mol. The van der Waals surface area contributed by atoms with Crippen LogP contribution in [0.1, 0.15) is 34.1 Å². The second-order valence-corrected chi connectivity index (χ2v) is 8.50. The van der Waals surface area contributed by atoms with Gasteiger partial charge < -0.3 is 0 Å². The molecule has 0 aliphatic carbocycles. The molecule has 0 spiro atoms. The van der Waals surface area contributed by atoms with E-state index in [2.05, 4.69) is 0 Å². The molecule has 2 aromatic carbocycles. The number of nitrogens with zero attached hydrogens (tertiary/aromatic N) is 1. The fraction of sp³-hybridized carbons (Fsp3) is 0.300. The predicted octanol–water partition coefficient (Wildman–Crippen LogP) is 2.14. The van der Waals surface area contributed by atoms with Gasteiger partial charge in [-0.1, -0.05) is 0 Å². The Morgan fingerprint density at radius 3 is 2.29 bits per heavy atom. The molecule has 0 fully saturated rings. The number of carbonyl (C=O) groups excluding carboxylic acids is 2. The van der Waals surface area contributed by atoms with Crippen molar-refractivity contribution in [3.05, 3.63) is 75.8 Å². The van der Waals surface area contributed by atoms with Gasteiger partial charge in [0.1, 0.15) is 0 Å². The summed E-state index contributed by atoms with van der Waals surface area (Å²) in [5.41, 5.74) is 1.36. The maximum absolute atomic E-state index is 12.0. The van der Waals surface area contributed by atoms with E-state index >= 15 is 0 Å². The first kappa shape index (κ1) is 21.6. The number of hydrogen-bond donors (Lipinski definition) is 0. The minimum atomic E-state index is -1.42. The fourth-order valence-corrected chi connectivity index (χ4v) is 5.09. The maximum atomic E-state index is 12.0. The van der Waals surface area contributed by atoms with Crippen molar-refractivity contribution in [3.8, 4) is 0 Å². The number of hydrogen-bond acceptors (Lipinski definition) is 6. The van der Waals surface area contributed by atoms with Gasteiger partial charge >= 0.3 is 169 Å². The van der Waals surface area contributed by atoms with Crippen LogP contribution in [0.3, 0.4) is 0 Å². The van der Waals surface area contributed by atoms with E-state index in [0.29, 0.717) is 5.56 Å². The Morgan fingerprint density at radius 2 is 1.75 bits per heavy atom. The van der Waals surface area contributed by atoms with Crippen molar-refractivity contribution < 1.29 is 24.0 Å². The molecular formula is C20H21NO6Se. The third-order valence-electron chi connectivity index (χ3n) is 3.98. The van der Waals surface area contributed by atoms with Crippen molar-refractivity contribution in [1.29, 1.82) is 0 Å². The van der Waals surface area contributed by atoms with Crippen molar-refractivity contribution in [3.63, 3.8) is 0 Å². The Balaban J connectivity index is 2.26. The summed E-state index contributed by atoms with van der Waals surface area (Å²) in [6.07, 6.45) is 0.0502. The molecule has 8 heteroatoms. The fourth-order valence-electron chi connectivity index (χ4n) is 2.58. The zero-order chi connectivity index (χ0) is 20.5. The van der Waals surface area contributed by atoms with Gasteiger partial charge in [-0.25, -0.2) is 0 Å². The zero-order valence-electron chi connectivity index (χ0n) is 15.6. The van der Waals surface area contributed by atoms with E-state index in [1.54, 1.807) is 19.1 Å². The Hall–Kier alpha value is -2.70. The van der Waals surface area contributed by atoms with Crippen molar-refractivity contribution in [2.24, 2.45) is 0 Å². The second kappa shape index (κ2) is 10.6. The summed E-state index contributed by atoms with van der Waals surface area (Å²) < 4.78 is 10.5. The molecule has 0 saturated carbocycles. The first-order chi connectivity index (χ1) is 13.5. The van der Waals surface area contributed by atoms with E-state index in [0.717, 1.165) is 10.0 Å². The standard InChI is InChI=1S/C20H21NO6Se/c1-3-27-20(23)17(21(24)25)13-18(14-7-5-4-6-8-14)28-16-11-9-15(10-12-16)19(22)26-2/h4-12,17-18H,3,13H2,1-2H3. The SMILES string of the molecule is CCOC(=O)C(CC([Se]c1ccc(C(=O)OC)cc1)c1ccccc1)[N+](=O)[O-]. The summed E-state index contributed by atoms with van der Waals surface area (Å²) in [6.45, 7) is 1.72.